The highest BCUT2D eigenvalue weighted by atomic mass is 32.2. The first-order valence-corrected chi connectivity index (χ1v) is 7.57. The highest BCUT2D eigenvalue weighted by Gasteiger charge is 2.13. The maximum Gasteiger partial charge on any atom is 0.240 e. The maximum absolute atomic E-state index is 12.0. The van der Waals surface area contributed by atoms with E-state index in [0.29, 0.717) is 18.3 Å². The average molecular weight is 271 g/mol. The molecule has 1 aromatic rings. The summed E-state index contributed by atoms with van der Waals surface area (Å²) in [7, 11) is -1.72. The number of nitrogens with zero attached hydrogens (tertiary/aromatic N) is 1. The summed E-state index contributed by atoms with van der Waals surface area (Å²) in [6, 6.07) is 3.01. The van der Waals surface area contributed by atoms with E-state index < -0.39 is 10.0 Å². The molecule has 0 fully saturated rings. The van der Waals surface area contributed by atoms with Crippen LogP contribution >= 0.6 is 0 Å². The fourth-order valence-corrected chi connectivity index (χ4v) is 2.60. The smallest absolute Gasteiger partial charge is 0.240 e. The van der Waals surface area contributed by atoms with Gasteiger partial charge in [0.15, 0.2) is 0 Å². The first kappa shape index (κ1) is 14.9. The van der Waals surface area contributed by atoms with Crippen LogP contribution in [0.15, 0.2) is 23.2 Å². The van der Waals surface area contributed by atoms with Crippen molar-refractivity contribution in [3.63, 3.8) is 0 Å². The van der Waals surface area contributed by atoms with E-state index in [4.69, 9.17) is 0 Å². The summed E-state index contributed by atoms with van der Waals surface area (Å²) in [6.07, 6.45) is 3.34. The van der Waals surface area contributed by atoms with E-state index in [1.807, 2.05) is 0 Å². The van der Waals surface area contributed by atoms with Crippen molar-refractivity contribution in [2.24, 2.45) is 5.92 Å². The van der Waals surface area contributed by atoms with Crippen molar-refractivity contribution >= 4 is 15.8 Å². The molecule has 5 nitrogen and oxygen atoms in total. The number of sulfonamides is 1. The van der Waals surface area contributed by atoms with Crippen molar-refractivity contribution in [3.8, 4) is 0 Å². The van der Waals surface area contributed by atoms with E-state index in [0.717, 1.165) is 12.8 Å². The Kier molecular flexibility index (Phi) is 5.55. The first-order chi connectivity index (χ1) is 8.45. The molecule has 2 N–H and O–H groups in total. The Labute approximate surface area is 109 Å². The Morgan fingerprint density at radius 3 is 2.72 bits per heavy atom. The van der Waals surface area contributed by atoms with Crippen molar-refractivity contribution in [3.05, 3.63) is 18.3 Å². The highest BCUT2D eigenvalue weighted by Crippen LogP contribution is 2.12. The molecule has 0 spiro atoms. The summed E-state index contributed by atoms with van der Waals surface area (Å²) in [4.78, 5) is 4.23. The van der Waals surface area contributed by atoms with Gasteiger partial charge < -0.3 is 5.32 Å². The van der Waals surface area contributed by atoms with Crippen molar-refractivity contribution in [2.45, 2.75) is 31.6 Å². The lowest BCUT2D eigenvalue weighted by atomic mass is 10.1. The predicted molar refractivity (Wildman–Crippen MR) is 73.0 cm³/mol. The van der Waals surface area contributed by atoms with Crippen molar-refractivity contribution in [1.82, 2.24) is 9.71 Å². The summed E-state index contributed by atoms with van der Waals surface area (Å²) in [5.41, 5.74) is 0. The Morgan fingerprint density at radius 2 is 2.11 bits per heavy atom. The molecule has 0 aliphatic rings. The molecule has 1 aromatic heterocycles. The summed E-state index contributed by atoms with van der Waals surface area (Å²) in [6.45, 7) is 4.71. The lowest BCUT2D eigenvalue weighted by Gasteiger charge is -2.08. The molecule has 102 valence electrons. The Balaban J connectivity index is 2.62. The second-order valence-corrected chi connectivity index (χ2v) is 6.33. The van der Waals surface area contributed by atoms with Crippen LogP contribution in [0.2, 0.25) is 0 Å². The van der Waals surface area contributed by atoms with Crippen molar-refractivity contribution in [1.29, 1.82) is 0 Å². The molecule has 0 bridgehead atoms. The largest absolute Gasteiger partial charge is 0.373 e. The molecule has 0 amide bonds. The van der Waals surface area contributed by atoms with E-state index >= 15 is 0 Å². The third-order valence-corrected chi connectivity index (χ3v) is 4.01. The summed E-state index contributed by atoms with van der Waals surface area (Å²) >= 11 is 0. The normalized spacial score (nSPS) is 11.8. The summed E-state index contributed by atoms with van der Waals surface area (Å²) in [5.74, 6) is 1.13. The van der Waals surface area contributed by atoms with Crippen LogP contribution in [-0.4, -0.2) is 27.0 Å². The van der Waals surface area contributed by atoms with E-state index in [1.165, 1.54) is 18.3 Å². The van der Waals surface area contributed by atoms with E-state index in [9.17, 15) is 8.42 Å². The molecule has 1 heterocycles. The van der Waals surface area contributed by atoms with Crippen LogP contribution in [0.1, 0.15) is 26.7 Å². The number of hydrogen-bond acceptors (Lipinski definition) is 4. The molecule has 1 rings (SSSR count). The maximum atomic E-state index is 12.0. The number of anilines is 1. The minimum atomic E-state index is -3.42. The monoisotopic (exact) mass is 271 g/mol. The predicted octanol–water partition coefficient (Wildman–Crippen LogP) is 1.84. The van der Waals surface area contributed by atoms with Crippen LogP contribution in [-0.2, 0) is 10.0 Å². The van der Waals surface area contributed by atoms with Gasteiger partial charge in [0.2, 0.25) is 10.0 Å². The van der Waals surface area contributed by atoms with Gasteiger partial charge in [-0.25, -0.2) is 18.1 Å². The van der Waals surface area contributed by atoms with Crippen LogP contribution in [0.25, 0.3) is 0 Å². The Morgan fingerprint density at radius 1 is 1.39 bits per heavy atom. The molecular formula is C12H21N3O2S. The second kappa shape index (κ2) is 6.70. The number of aromatic nitrogens is 1. The van der Waals surface area contributed by atoms with Crippen molar-refractivity contribution in [2.75, 3.05) is 18.9 Å². The molecule has 0 aliphatic heterocycles. The molecule has 0 saturated carbocycles. The fourth-order valence-electron chi connectivity index (χ4n) is 1.52. The quantitative estimate of drug-likeness (QED) is 0.742. The molecular weight excluding hydrogens is 250 g/mol. The van der Waals surface area contributed by atoms with E-state index in [1.54, 1.807) is 7.05 Å². The molecule has 0 atom stereocenters. The van der Waals surface area contributed by atoms with Crippen LogP contribution in [0.4, 0.5) is 5.82 Å². The SMILES string of the molecule is CNc1cc(S(=O)(=O)NCCCC(C)C)ccn1. The van der Waals surface area contributed by atoms with Gasteiger partial charge in [0, 0.05) is 25.9 Å². The minimum Gasteiger partial charge on any atom is -0.373 e. The summed E-state index contributed by atoms with van der Waals surface area (Å²) in [5, 5.41) is 2.82. The van der Waals surface area contributed by atoms with Crippen LogP contribution in [0.5, 0.6) is 0 Å². The van der Waals surface area contributed by atoms with Gasteiger partial charge in [0.25, 0.3) is 0 Å². The molecule has 18 heavy (non-hydrogen) atoms. The third-order valence-electron chi connectivity index (χ3n) is 2.55. The van der Waals surface area contributed by atoms with Gasteiger partial charge in [-0.15, -0.1) is 0 Å². The standard InChI is InChI=1S/C12H21N3O2S/c1-10(2)5-4-7-15-18(16,17)11-6-8-14-12(9-11)13-3/h6,8-10,15H,4-5,7H2,1-3H3,(H,13,14). The van der Waals surface area contributed by atoms with Crippen molar-refractivity contribution < 1.29 is 8.42 Å². The zero-order chi connectivity index (χ0) is 13.6. The third kappa shape index (κ3) is 4.62. The van der Waals surface area contributed by atoms with Gasteiger partial charge >= 0.3 is 0 Å². The zero-order valence-electron chi connectivity index (χ0n) is 11.1. The van der Waals surface area contributed by atoms with Gasteiger partial charge in [-0.1, -0.05) is 13.8 Å². The number of hydrogen-bond donors (Lipinski definition) is 2. The fraction of sp³-hybridized carbons (Fsp3) is 0.583. The highest BCUT2D eigenvalue weighted by molar-refractivity contribution is 7.89. The topological polar surface area (TPSA) is 71.1 Å². The van der Waals surface area contributed by atoms with E-state index in [-0.39, 0.29) is 4.90 Å². The van der Waals surface area contributed by atoms with Gasteiger partial charge in [-0.3, -0.25) is 0 Å². The minimum absolute atomic E-state index is 0.242. The second-order valence-electron chi connectivity index (χ2n) is 4.56. The van der Waals surface area contributed by atoms with Gasteiger partial charge in [-0.05, 0) is 24.8 Å². The number of nitrogens with one attached hydrogen (secondary N) is 2. The molecule has 6 heteroatoms. The molecule has 0 aliphatic carbocycles. The molecule has 0 radical (unpaired) electrons. The molecule has 0 saturated heterocycles. The van der Waals surface area contributed by atoms with Crippen LogP contribution in [0, 0.1) is 5.92 Å². The zero-order valence-corrected chi connectivity index (χ0v) is 11.9. The van der Waals surface area contributed by atoms with Gasteiger partial charge in [0.1, 0.15) is 5.82 Å². The Hall–Kier alpha value is -1.14. The van der Waals surface area contributed by atoms with Crippen LogP contribution in [0.3, 0.4) is 0 Å². The van der Waals surface area contributed by atoms with Crippen LogP contribution < -0.4 is 10.0 Å². The van der Waals surface area contributed by atoms with Gasteiger partial charge in [-0.2, -0.15) is 0 Å². The van der Waals surface area contributed by atoms with E-state index in [2.05, 4.69) is 28.9 Å². The first-order valence-electron chi connectivity index (χ1n) is 6.09. The summed E-state index contributed by atoms with van der Waals surface area (Å²) < 4.78 is 26.6. The molecule has 0 aromatic carbocycles. The van der Waals surface area contributed by atoms with Gasteiger partial charge in [0.05, 0.1) is 4.90 Å². The molecule has 0 unspecified atom stereocenters. The number of pyridine rings is 1. The average Bonchev–Trinajstić information content (AvgIpc) is 2.34. The lowest BCUT2D eigenvalue weighted by Crippen LogP contribution is -2.25. The number of rotatable bonds is 7. The Bertz CT molecular complexity index is 472. The lowest BCUT2D eigenvalue weighted by molar-refractivity contribution is 0.540.